The van der Waals surface area contributed by atoms with Gasteiger partial charge in [-0.3, -0.25) is 14.9 Å². The highest BCUT2D eigenvalue weighted by atomic mass is 127. The Morgan fingerprint density at radius 2 is 2.00 bits per heavy atom. The number of nitrogens with zero attached hydrogens (tertiary/aromatic N) is 1. The molecular weight excluding hydrogens is 451 g/mol. The highest BCUT2D eigenvalue weighted by molar-refractivity contribution is 14.2. The second-order valence-electron chi connectivity index (χ2n) is 6.01. The summed E-state index contributed by atoms with van der Waals surface area (Å²) in [5.41, 5.74) is 6.72. The lowest BCUT2D eigenvalue weighted by atomic mass is 9.91. The van der Waals surface area contributed by atoms with E-state index in [-0.39, 0.29) is 32.9 Å². The average molecular weight is 476 g/mol. The topological polar surface area (TPSA) is 113 Å². The first kappa shape index (κ1) is 22.4. The lowest BCUT2D eigenvalue weighted by Gasteiger charge is -2.14. The van der Waals surface area contributed by atoms with E-state index in [0.29, 0.717) is 25.9 Å². The summed E-state index contributed by atoms with van der Waals surface area (Å²) in [6, 6.07) is 6.82. The van der Waals surface area contributed by atoms with Crippen molar-refractivity contribution < 1.29 is 19.2 Å². The summed E-state index contributed by atoms with van der Waals surface area (Å²) in [5, 5.41) is 10.8. The number of carbonyl (C=O) groups is 2. The molecule has 26 heavy (non-hydrogen) atoms. The van der Waals surface area contributed by atoms with E-state index in [2.05, 4.69) is 4.51 Å². The van der Waals surface area contributed by atoms with Crippen LogP contribution in [0.2, 0.25) is 0 Å². The molecule has 0 spiro atoms. The van der Waals surface area contributed by atoms with Crippen molar-refractivity contribution in [2.75, 3.05) is 11.0 Å². The summed E-state index contributed by atoms with van der Waals surface area (Å²) in [6.45, 7) is 2.00. The number of carbonyl (C=O) groups excluding carboxylic acids is 2. The van der Waals surface area contributed by atoms with Crippen LogP contribution in [0.3, 0.4) is 0 Å². The van der Waals surface area contributed by atoms with Gasteiger partial charge in [0.05, 0.1) is 18.6 Å². The molecule has 2 unspecified atom stereocenters. The number of aryl methyl sites for hydroxylation is 1. The molecule has 7 nitrogen and oxygen atoms in total. The number of ketones is 1. The molecule has 0 aromatic heterocycles. The molecule has 1 aromatic carbocycles. The third-order valence-corrected chi connectivity index (χ3v) is 5.21. The molecule has 8 heteroatoms. The maximum absolute atomic E-state index is 11.7. The van der Waals surface area contributed by atoms with Crippen molar-refractivity contribution in [3.05, 3.63) is 39.9 Å². The standard InChI is InChI=1S/C18H25IN2O5/c1-13(22)17(20)12-15(18(23)21(24)25)5-3-4-14-6-8-16(9-7-14)26-11-10-19-2/h6-9,15,17H,2-5,10-12,20H2,1H3. The number of nitrogens with two attached hydrogens (primary N) is 1. The molecule has 1 rings (SSSR count). The monoisotopic (exact) mass is 476 g/mol. The van der Waals surface area contributed by atoms with Crippen molar-refractivity contribution in [1.29, 1.82) is 0 Å². The van der Waals surface area contributed by atoms with Crippen LogP contribution in [0.25, 0.3) is 0 Å². The number of hydrogen-bond acceptors (Lipinski definition) is 6. The van der Waals surface area contributed by atoms with E-state index in [1.54, 1.807) is 0 Å². The van der Waals surface area contributed by atoms with Crippen LogP contribution in [0.5, 0.6) is 5.75 Å². The Kier molecular flexibility index (Phi) is 10.2. The van der Waals surface area contributed by atoms with Crippen LogP contribution in [0.1, 0.15) is 31.7 Å². The van der Waals surface area contributed by atoms with Gasteiger partial charge in [-0.25, -0.2) is 4.79 Å². The Hall–Kier alpha value is -1.68. The lowest BCUT2D eigenvalue weighted by molar-refractivity contribution is -0.407. The molecule has 0 heterocycles. The smallest absolute Gasteiger partial charge is 0.447 e. The van der Waals surface area contributed by atoms with Crippen molar-refractivity contribution >= 4 is 36.9 Å². The van der Waals surface area contributed by atoms with Gasteiger partial charge in [-0.1, -0.05) is 16.6 Å². The molecule has 144 valence electrons. The van der Waals surface area contributed by atoms with E-state index in [0.717, 1.165) is 15.7 Å². The molecule has 1 aromatic rings. The Balaban J connectivity index is 2.55. The number of hydrogen-bond donors (Lipinski definition) is 1. The van der Waals surface area contributed by atoms with Gasteiger partial charge in [-0.15, -0.1) is 20.7 Å². The van der Waals surface area contributed by atoms with E-state index in [1.807, 2.05) is 24.3 Å². The number of amides is 1. The molecule has 1 amide bonds. The predicted octanol–water partition coefficient (Wildman–Crippen LogP) is 2.52. The van der Waals surface area contributed by atoms with Crippen molar-refractivity contribution in [2.24, 2.45) is 11.7 Å². The molecule has 0 aliphatic carbocycles. The number of nitro groups is 1. The summed E-state index contributed by atoms with van der Waals surface area (Å²) >= 11 is -0.0142. The Labute approximate surface area is 163 Å². The number of rotatable bonds is 12. The molecule has 0 aliphatic rings. The zero-order chi connectivity index (χ0) is 19.5. The zero-order valence-corrected chi connectivity index (χ0v) is 17.0. The van der Waals surface area contributed by atoms with Gasteiger partial charge in [0.1, 0.15) is 16.5 Å². The second-order valence-corrected chi connectivity index (χ2v) is 8.17. The number of Topliss-reactive ketones (excluding diaryl/α,β-unsaturated/α-hetero) is 1. The number of alkyl halides is 1. The van der Waals surface area contributed by atoms with Crippen LogP contribution in [-0.4, -0.2) is 38.2 Å². The summed E-state index contributed by atoms with van der Waals surface area (Å²) in [4.78, 5) is 32.9. The SMILES string of the molecule is C=ICCOc1ccc(CCCC(CC(N)C(C)=O)C(=O)[N+](=O)[O-])cc1. The van der Waals surface area contributed by atoms with Gasteiger partial charge in [-0.2, -0.15) is 0 Å². The third kappa shape index (κ3) is 8.13. The van der Waals surface area contributed by atoms with E-state index in [1.165, 1.54) is 6.92 Å². The average Bonchev–Trinajstić information content (AvgIpc) is 2.61. The molecule has 0 bridgehead atoms. The van der Waals surface area contributed by atoms with Crippen LogP contribution in [0.15, 0.2) is 24.3 Å². The minimum absolute atomic E-state index is 0.0107. The van der Waals surface area contributed by atoms with Gasteiger partial charge in [0.15, 0.2) is 0 Å². The number of halogens is 1. The van der Waals surface area contributed by atoms with Crippen molar-refractivity contribution in [1.82, 2.24) is 0 Å². The van der Waals surface area contributed by atoms with Gasteiger partial charge in [0.25, 0.3) is 0 Å². The molecule has 0 saturated heterocycles. The third-order valence-electron chi connectivity index (χ3n) is 4.01. The maximum Gasteiger partial charge on any atom is 0.447 e. The summed E-state index contributed by atoms with van der Waals surface area (Å²) in [6.07, 6.45) is 1.62. The van der Waals surface area contributed by atoms with Gasteiger partial charge < -0.3 is 10.5 Å². The quantitative estimate of drug-likeness (QED) is 0.163. The highest BCUT2D eigenvalue weighted by Crippen LogP contribution is 2.19. The predicted molar refractivity (Wildman–Crippen MR) is 110 cm³/mol. The van der Waals surface area contributed by atoms with Gasteiger partial charge in [0, 0.05) is 4.43 Å². The largest absolute Gasteiger partial charge is 0.493 e. The van der Waals surface area contributed by atoms with Crippen LogP contribution < -0.4 is 10.5 Å². The number of benzene rings is 1. The first-order valence-electron chi connectivity index (χ1n) is 8.33. The van der Waals surface area contributed by atoms with Crippen LogP contribution >= 0.6 is 20.7 Å². The zero-order valence-electron chi connectivity index (χ0n) is 14.9. The van der Waals surface area contributed by atoms with E-state index in [9.17, 15) is 19.7 Å². The Morgan fingerprint density at radius 3 is 2.54 bits per heavy atom. The van der Waals surface area contributed by atoms with E-state index in [4.69, 9.17) is 10.5 Å². The summed E-state index contributed by atoms with van der Waals surface area (Å²) in [5.74, 6) is -1.38. The number of ether oxygens (including phenoxy) is 1. The van der Waals surface area contributed by atoms with Gasteiger partial charge in [-0.05, 0) is 50.3 Å². The maximum atomic E-state index is 11.7. The van der Waals surface area contributed by atoms with Gasteiger partial charge >= 0.3 is 5.91 Å². The second kappa shape index (κ2) is 11.8. The summed E-state index contributed by atoms with van der Waals surface area (Å²) in [7, 11) is 0. The van der Waals surface area contributed by atoms with Crippen molar-refractivity contribution in [3.8, 4) is 5.75 Å². The molecule has 0 fully saturated rings. The molecule has 2 N–H and O–H groups in total. The fourth-order valence-electron chi connectivity index (χ4n) is 2.48. The molecule has 2 atom stereocenters. The minimum atomic E-state index is -1.07. The fourth-order valence-corrected chi connectivity index (χ4v) is 3.01. The first-order chi connectivity index (χ1) is 12.3. The lowest BCUT2D eigenvalue weighted by Crippen LogP contribution is -2.35. The van der Waals surface area contributed by atoms with E-state index < -0.39 is 22.8 Å². The Bertz CT molecular complexity index is 633. The molecule has 0 aliphatic heterocycles. The van der Waals surface area contributed by atoms with Crippen LogP contribution in [0.4, 0.5) is 0 Å². The molecule has 0 radical (unpaired) electrons. The Morgan fingerprint density at radius 1 is 1.35 bits per heavy atom. The van der Waals surface area contributed by atoms with Crippen molar-refractivity contribution in [2.45, 2.75) is 38.6 Å². The van der Waals surface area contributed by atoms with Gasteiger partial charge in [0.2, 0.25) is 0 Å². The fraction of sp³-hybridized carbons (Fsp3) is 0.500. The molecule has 0 saturated carbocycles. The first-order valence-corrected chi connectivity index (χ1v) is 11.4. The van der Waals surface area contributed by atoms with E-state index >= 15 is 0 Å². The van der Waals surface area contributed by atoms with Crippen LogP contribution in [-0.2, 0) is 16.0 Å². The molecular formula is C18H25IN2O5. The summed E-state index contributed by atoms with van der Waals surface area (Å²) < 4.78 is 10.5. The normalized spacial score (nSPS) is 13.0. The highest BCUT2D eigenvalue weighted by Gasteiger charge is 2.31. The minimum Gasteiger partial charge on any atom is -0.493 e. The van der Waals surface area contributed by atoms with Crippen LogP contribution in [0, 0.1) is 16.0 Å². The van der Waals surface area contributed by atoms with Crippen molar-refractivity contribution in [3.63, 3.8) is 0 Å².